The van der Waals surface area contributed by atoms with Gasteiger partial charge in [-0.2, -0.15) is 10.5 Å². The molecule has 0 aliphatic heterocycles. The summed E-state index contributed by atoms with van der Waals surface area (Å²) in [7, 11) is 0. The van der Waals surface area contributed by atoms with Gasteiger partial charge in [0.05, 0.1) is 10.6 Å². The quantitative estimate of drug-likeness (QED) is 0.753. The Morgan fingerprint density at radius 2 is 2.00 bits per heavy atom. The van der Waals surface area contributed by atoms with Crippen LogP contribution in [-0.4, -0.2) is 17.9 Å². The molecule has 18 heavy (non-hydrogen) atoms. The van der Waals surface area contributed by atoms with E-state index >= 15 is 0 Å². The van der Waals surface area contributed by atoms with Crippen molar-refractivity contribution in [3.05, 3.63) is 11.1 Å². The monoisotopic (exact) mass is 280 g/mol. The molecule has 6 nitrogen and oxygen atoms in total. The molecule has 0 aliphatic rings. The number of hydrogen-bond acceptors (Lipinski definition) is 6. The van der Waals surface area contributed by atoms with E-state index in [2.05, 4.69) is 4.98 Å². The molecule has 0 aromatic carbocycles. The van der Waals surface area contributed by atoms with E-state index in [1.165, 1.54) is 11.8 Å². The Balaban J connectivity index is 3.37. The minimum absolute atomic E-state index is 0.0321. The molecule has 0 atom stereocenters. The molecule has 0 saturated carbocycles. The first-order valence-corrected chi connectivity index (χ1v) is 6.90. The number of carbonyl (C=O) groups excluding carboxylic acids is 1. The summed E-state index contributed by atoms with van der Waals surface area (Å²) in [6, 6.07) is 3.96. The second-order valence-corrected chi connectivity index (χ2v) is 4.93. The molecule has 0 radical (unpaired) electrons. The van der Waals surface area contributed by atoms with Crippen molar-refractivity contribution >= 4 is 35.2 Å². The fraction of sp³-hybridized carbons (Fsp3) is 0.200. The first-order valence-electron chi connectivity index (χ1n) is 4.69. The molecule has 8 heteroatoms. The number of hydrogen-bond donors (Lipinski definition) is 2. The smallest absolute Gasteiger partial charge is 0.290 e. The number of nitriles is 2. The van der Waals surface area contributed by atoms with E-state index in [0.29, 0.717) is 15.5 Å². The number of aromatic nitrogens is 1. The third-order valence-electron chi connectivity index (χ3n) is 1.99. The maximum atomic E-state index is 10.8. The van der Waals surface area contributed by atoms with Gasteiger partial charge in [0.2, 0.25) is 5.91 Å². The number of nitrogens with two attached hydrogens (primary N) is 2. The molecule has 0 spiro atoms. The molecule has 0 saturated heterocycles. The summed E-state index contributed by atoms with van der Waals surface area (Å²) >= 11 is 2.35. The van der Waals surface area contributed by atoms with Crippen LogP contribution in [0.25, 0.3) is 0 Å². The summed E-state index contributed by atoms with van der Waals surface area (Å²) in [5, 5.41) is 18.6. The number of aromatic amines is 1. The zero-order valence-corrected chi connectivity index (χ0v) is 11.1. The van der Waals surface area contributed by atoms with Gasteiger partial charge in [-0.1, -0.05) is 11.8 Å². The van der Waals surface area contributed by atoms with Gasteiger partial charge >= 0.3 is 0 Å². The van der Waals surface area contributed by atoms with Crippen molar-refractivity contribution in [2.24, 2.45) is 5.73 Å². The van der Waals surface area contributed by atoms with E-state index in [0.717, 1.165) is 11.8 Å². The van der Waals surface area contributed by atoms with Crippen molar-refractivity contribution < 1.29 is 9.78 Å². The Hall–Kier alpha value is -1.90. The Morgan fingerprint density at radius 1 is 1.39 bits per heavy atom. The van der Waals surface area contributed by atoms with Gasteiger partial charge in [0.25, 0.3) is 5.82 Å². The molecule has 0 bridgehead atoms. The van der Waals surface area contributed by atoms with E-state index in [-0.39, 0.29) is 17.1 Å². The van der Waals surface area contributed by atoms with Gasteiger partial charge in [-0.25, -0.2) is 4.98 Å². The Kier molecular flexibility index (Phi) is 4.84. The van der Waals surface area contributed by atoms with Crippen LogP contribution in [0.15, 0.2) is 9.92 Å². The lowest BCUT2D eigenvalue weighted by Crippen LogP contribution is -2.20. The van der Waals surface area contributed by atoms with Crippen LogP contribution < -0.4 is 16.5 Å². The van der Waals surface area contributed by atoms with Gasteiger partial charge in [-0.05, 0) is 6.26 Å². The summed E-state index contributed by atoms with van der Waals surface area (Å²) in [5.74, 6) is -0.289. The zero-order chi connectivity index (χ0) is 13.7. The van der Waals surface area contributed by atoms with Crippen LogP contribution in [0.1, 0.15) is 11.1 Å². The molecule has 0 unspecified atom stereocenters. The summed E-state index contributed by atoms with van der Waals surface area (Å²) in [5.41, 5.74) is 11.3. The molecule has 1 amide bonds. The van der Waals surface area contributed by atoms with Gasteiger partial charge < -0.3 is 5.73 Å². The van der Waals surface area contributed by atoms with Crippen LogP contribution in [0.3, 0.4) is 0 Å². The number of H-pyrrole nitrogens is 1. The van der Waals surface area contributed by atoms with Crippen molar-refractivity contribution in [1.29, 1.82) is 10.5 Å². The largest absolute Gasteiger partial charge is 0.369 e. The Morgan fingerprint density at radius 3 is 2.44 bits per heavy atom. The maximum absolute atomic E-state index is 10.8. The van der Waals surface area contributed by atoms with E-state index in [1.54, 1.807) is 6.26 Å². The summed E-state index contributed by atoms with van der Waals surface area (Å²) in [6.07, 6.45) is 1.75. The average Bonchev–Trinajstić information content (AvgIpc) is 2.34. The predicted molar refractivity (Wildman–Crippen MR) is 68.5 cm³/mol. The van der Waals surface area contributed by atoms with Crippen LogP contribution >= 0.6 is 23.5 Å². The summed E-state index contributed by atoms with van der Waals surface area (Å²) < 4.78 is 0. The number of anilines is 1. The first-order chi connectivity index (χ1) is 8.54. The Labute approximate surface area is 112 Å². The van der Waals surface area contributed by atoms with Crippen LogP contribution in [0, 0.1) is 22.7 Å². The van der Waals surface area contributed by atoms with E-state index in [9.17, 15) is 4.79 Å². The molecular weight excluding hydrogens is 270 g/mol. The minimum Gasteiger partial charge on any atom is -0.369 e. The molecule has 0 aliphatic carbocycles. The molecule has 0 fully saturated rings. The normalized spacial score (nSPS) is 9.50. The number of pyridine rings is 1. The highest BCUT2D eigenvalue weighted by molar-refractivity contribution is 8.00. The highest BCUT2D eigenvalue weighted by Gasteiger charge is 2.22. The molecule has 1 aromatic heterocycles. The van der Waals surface area contributed by atoms with Crippen molar-refractivity contribution in [2.75, 3.05) is 17.7 Å². The zero-order valence-electron chi connectivity index (χ0n) is 9.48. The number of nitrogen functional groups attached to an aromatic ring is 1. The van der Waals surface area contributed by atoms with Crippen molar-refractivity contribution in [3.8, 4) is 12.1 Å². The minimum atomic E-state index is -0.495. The first kappa shape index (κ1) is 14.2. The van der Waals surface area contributed by atoms with Gasteiger partial charge in [-0.15, -0.1) is 11.8 Å². The molecule has 1 aromatic rings. The van der Waals surface area contributed by atoms with E-state index < -0.39 is 5.91 Å². The lowest BCUT2D eigenvalue weighted by molar-refractivity contribution is -0.410. The van der Waals surface area contributed by atoms with Crippen molar-refractivity contribution in [3.63, 3.8) is 0 Å². The number of amides is 1. The number of primary amides is 1. The van der Waals surface area contributed by atoms with Crippen molar-refractivity contribution in [2.45, 2.75) is 9.92 Å². The van der Waals surface area contributed by atoms with Crippen LogP contribution in [0.2, 0.25) is 0 Å². The second-order valence-electron chi connectivity index (χ2n) is 3.13. The van der Waals surface area contributed by atoms with Crippen molar-refractivity contribution in [1.82, 2.24) is 0 Å². The van der Waals surface area contributed by atoms with Crippen LogP contribution in [-0.2, 0) is 4.79 Å². The number of nitrogens with one attached hydrogen (secondary N) is 1. The molecule has 1 rings (SSSR count). The average molecular weight is 280 g/mol. The SMILES string of the molecule is CSc1c(C#N)c(N)[nH+]c(SCC(N)=O)c1C#N. The van der Waals surface area contributed by atoms with E-state index in [4.69, 9.17) is 22.0 Å². The maximum Gasteiger partial charge on any atom is 0.290 e. The molecule has 1 heterocycles. The fourth-order valence-electron chi connectivity index (χ4n) is 1.27. The third-order valence-corrected chi connectivity index (χ3v) is 3.83. The number of nitrogens with zero attached hydrogens (tertiary/aromatic N) is 2. The molecule has 5 N–H and O–H groups in total. The highest BCUT2D eigenvalue weighted by Crippen LogP contribution is 2.31. The van der Waals surface area contributed by atoms with Gasteiger partial charge in [0, 0.05) is 0 Å². The van der Waals surface area contributed by atoms with E-state index in [1.807, 2.05) is 12.1 Å². The number of rotatable bonds is 4. The van der Waals surface area contributed by atoms with Crippen LogP contribution in [0.4, 0.5) is 5.82 Å². The summed E-state index contributed by atoms with van der Waals surface area (Å²) in [4.78, 5) is 14.0. The second kappa shape index (κ2) is 6.15. The topological polar surface area (TPSA) is 131 Å². The third kappa shape index (κ3) is 2.86. The van der Waals surface area contributed by atoms with Gasteiger partial charge in [-0.3, -0.25) is 10.5 Å². The van der Waals surface area contributed by atoms with Gasteiger partial charge in [0.1, 0.15) is 17.7 Å². The lowest BCUT2D eigenvalue weighted by atomic mass is 10.2. The standard InChI is InChI=1S/C10H9N5OS2/c1-17-8-5(2-11)9(14)15-10(6(8)3-12)18-4-7(13)16/h4H2,1H3,(H2,13,16)(H2,14,15)/p+1. The lowest BCUT2D eigenvalue weighted by Gasteiger charge is -2.06. The van der Waals surface area contributed by atoms with Gasteiger partial charge in [0.15, 0.2) is 10.6 Å². The Bertz CT molecular complexity index is 573. The number of thioether (sulfide) groups is 2. The fourth-order valence-corrected chi connectivity index (χ4v) is 2.80. The number of carbonyl (C=O) groups is 1. The van der Waals surface area contributed by atoms with Crippen LogP contribution in [0.5, 0.6) is 0 Å². The molecule has 92 valence electrons. The highest BCUT2D eigenvalue weighted by atomic mass is 32.2. The summed E-state index contributed by atoms with van der Waals surface area (Å²) in [6.45, 7) is 0. The molecular formula is C10H10N5OS2+. The predicted octanol–water partition coefficient (Wildman–Crippen LogP) is 0.126.